The molecular formula is C15H16ClN2O2+. The van der Waals surface area contributed by atoms with Gasteiger partial charge in [-0.1, -0.05) is 23.7 Å². The molecule has 1 aromatic carbocycles. The highest BCUT2D eigenvalue weighted by Crippen LogP contribution is 2.15. The van der Waals surface area contributed by atoms with Crippen molar-refractivity contribution in [2.45, 2.75) is 19.5 Å². The summed E-state index contributed by atoms with van der Waals surface area (Å²) in [7, 11) is 0. The summed E-state index contributed by atoms with van der Waals surface area (Å²) in [5, 5.41) is 12.9. The molecule has 1 heterocycles. The van der Waals surface area contributed by atoms with Gasteiger partial charge in [0, 0.05) is 11.1 Å². The van der Waals surface area contributed by atoms with Crippen LogP contribution < -0.4 is 9.88 Å². The summed E-state index contributed by atoms with van der Waals surface area (Å²) in [4.78, 5) is 11.9. The smallest absolute Gasteiger partial charge is 0.286 e. The number of nitrogens with one attached hydrogen (secondary N) is 1. The molecule has 0 saturated carbocycles. The molecule has 104 valence electrons. The van der Waals surface area contributed by atoms with Gasteiger partial charge in [0.05, 0.1) is 6.04 Å². The molecule has 4 nitrogen and oxygen atoms in total. The average molecular weight is 292 g/mol. The number of rotatable bonds is 4. The first kappa shape index (κ1) is 14.3. The maximum atomic E-state index is 11.9. The zero-order chi connectivity index (χ0) is 14.5. The van der Waals surface area contributed by atoms with Crippen LogP contribution in [0.4, 0.5) is 0 Å². The first-order valence-electron chi connectivity index (χ1n) is 6.27. The minimum atomic E-state index is -0.122. The van der Waals surface area contributed by atoms with Crippen LogP contribution in [0.3, 0.4) is 0 Å². The first-order valence-corrected chi connectivity index (χ1v) is 6.65. The van der Waals surface area contributed by atoms with Gasteiger partial charge in [-0.2, -0.15) is 4.57 Å². The van der Waals surface area contributed by atoms with Crippen molar-refractivity contribution in [3.05, 3.63) is 59.4 Å². The molecule has 0 aliphatic rings. The van der Waals surface area contributed by atoms with Gasteiger partial charge >= 0.3 is 0 Å². The molecule has 2 rings (SSSR count). The molecule has 0 aliphatic heterocycles. The number of halogens is 1. The van der Waals surface area contributed by atoms with Gasteiger partial charge in [-0.25, -0.2) is 0 Å². The number of pyridine rings is 1. The van der Waals surface area contributed by atoms with E-state index in [1.165, 1.54) is 6.20 Å². The van der Waals surface area contributed by atoms with Crippen molar-refractivity contribution in [2.24, 2.45) is 0 Å². The van der Waals surface area contributed by atoms with Crippen molar-refractivity contribution in [3.8, 4) is 5.75 Å². The lowest BCUT2D eigenvalue weighted by molar-refractivity contribution is -0.684. The van der Waals surface area contributed by atoms with Gasteiger partial charge in [-0.05, 0) is 30.7 Å². The fourth-order valence-electron chi connectivity index (χ4n) is 1.89. The number of hydrogen-bond donors (Lipinski definition) is 2. The molecule has 0 aliphatic carbocycles. The summed E-state index contributed by atoms with van der Waals surface area (Å²) in [6, 6.07) is 10.5. The second-order valence-corrected chi connectivity index (χ2v) is 5.01. The minimum absolute atomic E-state index is 0.0994. The van der Waals surface area contributed by atoms with Crippen molar-refractivity contribution in [3.63, 3.8) is 0 Å². The van der Waals surface area contributed by atoms with Crippen LogP contribution in [0.15, 0.2) is 48.8 Å². The summed E-state index contributed by atoms with van der Waals surface area (Å²) in [5.41, 5.74) is 0.989. The Morgan fingerprint density at radius 2 is 2.05 bits per heavy atom. The third kappa shape index (κ3) is 3.96. The summed E-state index contributed by atoms with van der Waals surface area (Å²) in [6.45, 7) is 2.07. The van der Waals surface area contributed by atoms with E-state index in [-0.39, 0.29) is 24.2 Å². The highest BCUT2D eigenvalue weighted by molar-refractivity contribution is 6.30. The maximum absolute atomic E-state index is 11.9. The molecular weight excluding hydrogens is 276 g/mol. The minimum Gasteiger partial charge on any atom is -0.503 e. The molecule has 2 N–H and O–H groups in total. The number of nitrogens with zero attached hydrogens (tertiary/aromatic N) is 1. The lowest BCUT2D eigenvalue weighted by atomic mass is 10.1. The van der Waals surface area contributed by atoms with Crippen molar-refractivity contribution in [1.29, 1.82) is 0 Å². The van der Waals surface area contributed by atoms with Crippen LogP contribution in [0.1, 0.15) is 18.5 Å². The highest BCUT2D eigenvalue weighted by Gasteiger charge is 2.13. The van der Waals surface area contributed by atoms with E-state index in [0.29, 0.717) is 5.02 Å². The van der Waals surface area contributed by atoms with E-state index in [0.717, 1.165) is 5.56 Å². The second-order valence-electron chi connectivity index (χ2n) is 4.58. The molecule has 0 spiro atoms. The largest absolute Gasteiger partial charge is 0.503 e. The molecule has 0 saturated heterocycles. The van der Waals surface area contributed by atoms with E-state index >= 15 is 0 Å². The highest BCUT2D eigenvalue weighted by atomic mass is 35.5. The Bertz CT molecular complexity index is 599. The molecule has 1 atom stereocenters. The number of benzene rings is 1. The maximum Gasteiger partial charge on any atom is 0.286 e. The summed E-state index contributed by atoms with van der Waals surface area (Å²) < 4.78 is 1.62. The number of aromatic hydroxyl groups is 1. The molecule has 0 unspecified atom stereocenters. The van der Waals surface area contributed by atoms with E-state index in [4.69, 9.17) is 11.6 Å². The molecule has 0 fully saturated rings. The molecule has 5 heteroatoms. The van der Waals surface area contributed by atoms with Gasteiger partial charge in [0.1, 0.15) is 0 Å². The zero-order valence-corrected chi connectivity index (χ0v) is 11.8. The first-order chi connectivity index (χ1) is 9.54. The van der Waals surface area contributed by atoms with Crippen molar-refractivity contribution in [1.82, 2.24) is 5.32 Å². The Hall–Kier alpha value is -2.07. The predicted octanol–water partition coefficient (Wildman–Crippen LogP) is 2.21. The summed E-state index contributed by atoms with van der Waals surface area (Å²) >= 11 is 5.83. The average Bonchev–Trinajstić information content (AvgIpc) is 2.39. The second kappa shape index (κ2) is 6.39. The van der Waals surface area contributed by atoms with Crippen molar-refractivity contribution in [2.75, 3.05) is 0 Å². The Labute approximate surface area is 122 Å². The van der Waals surface area contributed by atoms with E-state index in [1.807, 2.05) is 19.1 Å². The fraction of sp³-hybridized carbons (Fsp3) is 0.200. The van der Waals surface area contributed by atoms with Gasteiger partial charge in [-0.15, -0.1) is 0 Å². The number of hydrogen-bond acceptors (Lipinski definition) is 2. The van der Waals surface area contributed by atoms with Crippen molar-refractivity contribution < 1.29 is 14.5 Å². The van der Waals surface area contributed by atoms with E-state index < -0.39 is 0 Å². The quantitative estimate of drug-likeness (QED) is 0.849. The van der Waals surface area contributed by atoms with Crippen LogP contribution in [0.5, 0.6) is 5.75 Å². The zero-order valence-electron chi connectivity index (χ0n) is 11.1. The Morgan fingerprint density at radius 3 is 2.70 bits per heavy atom. The van der Waals surface area contributed by atoms with Crippen LogP contribution in [0.2, 0.25) is 5.02 Å². The van der Waals surface area contributed by atoms with Crippen LogP contribution in [-0.2, 0) is 11.3 Å². The monoisotopic (exact) mass is 291 g/mol. The normalized spacial score (nSPS) is 11.9. The standard InChI is InChI=1S/C15H15ClN2O2/c1-11(12-4-6-13(16)7-5-12)17-15(20)10-18-8-2-3-14(19)9-18/h2-9,11H,10H2,1H3,(H-,17,19,20)/p+1/t11-/m0/s1. The molecule has 20 heavy (non-hydrogen) atoms. The SMILES string of the molecule is C[C@H](NC(=O)C[n+]1cccc(O)c1)c1ccc(Cl)cc1. The number of aromatic nitrogens is 1. The molecule has 2 aromatic rings. The van der Waals surface area contributed by atoms with Gasteiger partial charge in [0.25, 0.3) is 5.91 Å². The van der Waals surface area contributed by atoms with Crippen LogP contribution in [-0.4, -0.2) is 11.0 Å². The fourth-order valence-corrected chi connectivity index (χ4v) is 2.02. The molecule has 1 amide bonds. The van der Waals surface area contributed by atoms with Crippen LogP contribution in [0, 0.1) is 0 Å². The Balaban J connectivity index is 1.95. The van der Waals surface area contributed by atoms with Gasteiger partial charge < -0.3 is 10.4 Å². The van der Waals surface area contributed by atoms with E-state index in [9.17, 15) is 9.90 Å². The lowest BCUT2D eigenvalue weighted by Crippen LogP contribution is -2.42. The van der Waals surface area contributed by atoms with Gasteiger partial charge in [0.15, 0.2) is 11.9 Å². The molecule has 0 bridgehead atoms. The van der Waals surface area contributed by atoms with Crippen LogP contribution >= 0.6 is 11.6 Å². The Kier molecular flexibility index (Phi) is 4.58. The third-order valence-electron chi connectivity index (χ3n) is 2.92. The number of amides is 1. The summed E-state index contributed by atoms with van der Waals surface area (Å²) in [6.07, 6.45) is 3.23. The van der Waals surface area contributed by atoms with E-state index in [2.05, 4.69) is 5.32 Å². The molecule has 1 aromatic heterocycles. The Morgan fingerprint density at radius 1 is 1.35 bits per heavy atom. The van der Waals surface area contributed by atoms with Gasteiger partial charge in [-0.3, -0.25) is 4.79 Å². The molecule has 0 radical (unpaired) electrons. The van der Waals surface area contributed by atoms with E-state index in [1.54, 1.807) is 35.0 Å². The van der Waals surface area contributed by atoms with Crippen molar-refractivity contribution >= 4 is 17.5 Å². The number of carbonyl (C=O) groups excluding carboxylic acids is 1. The van der Waals surface area contributed by atoms with Crippen LogP contribution in [0.25, 0.3) is 0 Å². The predicted molar refractivity (Wildman–Crippen MR) is 76.3 cm³/mol. The van der Waals surface area contributed by atoms with Gasteiger partial charge in [0.2, 0.25) is 12.7 Å². The third-order valence-corrected chi connectivity index (χ3v) is 3.17. The topological polar surface area (TPSA) is 53.2 Å². The lowest BCUT2D eigenvalue weighted by Gasteiger charge is -2.13. The number of carbonyl (C=O) groups is 1. The summed E-state index contributed by atoms with van der Waals surface area (Å²) in [5.74, 6) is 0.00843.